The number of hydrogen-bond donors (Lipinski definition) is 2. The molecular weight excluding hydrogens is 198 g/mol. The van der Waals surface area contributed by atoms with Gasteiger partial charge in [0.25, 0.3) is 0 Å². The second-order valence-electron chi connectivity index (χ2n) is 5.15. The van der Waals surface area contributed by atoms with Gasteiger partial charge in [-0.25, -0.2) is 0 Å². The topological polar surface area (TPSA) is 36.4 Å². The van der Waals surface area contributed by atoms with Gasteiger partial charge in [-0.05, 0) is 31.6 Å². The van der Waals surface area contributed by atoms with Crippen LogP contribution in [0, 0.1) is 11.8 Å². The van der Waals surface area contributed by atoms with E-state index in [1.807, 2.05) is 0 Å². The molecule has 0 radical (unpaired) electrons. The molecule has 3 nitrogen and oxygen atoms in total. The van der Waals surface area contributed by atoms with Gasteiger partial charge in [0, 0.05) is 19.1 Å². The maximum atomic E-state index is 4.58. The average molecular weight is 225 g/mol. The van der Waals surface area contributed by atoms with E-state index in [4.69, 9.17) is 0 Å². The minimum Gasteiger partial charge on any atom is -0.357 e. The summed E-state index contributed by atoms with van der Waals surface area (Å²) < 4.78 is 0. The Morgan fingerprint density at radius 2 is 2.12 bits per heavy atom. The van der Waals surface area contributed by atoms with Crippen molar-refractivity contribution in [1.29, 1.82) is 0 Å². The summed E-state index contributed by atoms with van der Waals surface area (Å²) in [5.41, 5.74) is 0. The van der Waals surface area contributed by atoms with Crippen LogP contribution in [0.3, 0.4) is 0 Å². The predicted octanol–water partition coefficient (Wildman–Crippen LogP) is 2.39. The Hall–Kier alpha value is -0.730. The summed E-state index contributed by atoms with van der Waals surface area (Å²) in [5.74, 6) is 2.51. The second-order valence-corrected chi connectivity index (χ2v) is 5.15. The monoisotopic (exact) mass is 225 g/mol. The maximum Gasteiger partial charge on any atom is 0.191 e. The number of rotatable bonds is 6. The van der Waals surface area contributed by atoms with Gasteiger partial charge in [-0.2, -0.15) is 0 Å². The molecule has 0 amide bonds. The lowest BCUT2D eigenvalue weighted by Gasteiger charge is -2.11. The molecule has 0 bridgehead atoms. The van der Waals surface area contributed by atoms with Crippen molar-refractivity contribution in [3.05, 3.63) is 0 Å². The maximum absolute atomic E-state index is 4.58. The molecule has 1 saturated carbocycles. The molecule has 2 atom stereocenters. The third-order valence-electron chi connectivity index (χ3n) is 2.86. The Bertz CT molecular complexity index is 223. The summed E-state index contributed by atoms with van der Waals surface area (Å²) in [6, 6.07) is 0.671. The fourth-order valence-corrected chi connectivity index (χ4v) is 1.88. The summed E-state index contributed by atoms with van der Waals surface area (Å²) in [7, 11) is 0. The van der Waals surface area contributed by atoms with Crippen LogP contribution in [-0.2, 0) is 0 Å². The predicted molar refractivity (Wildman–Crippen MR) is 70.8 cm³/mol. The molecule has 2 N–H and O–H groups in total. The van der Waals surface area contributed by atoms with E-state index < -0.39 is 0 Å². The molecule has 0 aromatic heterocycles. The van der Waals surface area contributed by atoms with Gasteiger partial charge < -0.3 is 10.6 Å². The average Bonchev–Trinajstić information content (AvgIpc) is 2.94. The van der Waals surface area contributed by atoms with Crippen molar-refractivity contribution in [3.63, 3.8) is 0 Å². The van der Waals surface area contributed by atoms with Crippen LogP contribution in [0.25, 0.3) is 0 Å². The lowest BCUT2D eigenvalue weighted by Crippen LogP contribution is -2.39. The van der Waals surface area contributed by atoms with E-state index in [0.717, 1.165) is 25.0 Å². The van der Waals surface area contributed by atoms with Crippen LogP contribution in [0.4, 0.5) is 0 Å². The summed E-state index contributed by atoms with van der Waals surface area (Å²) in [5, 5.41) is 6.83. The molecule has 2 unspecified atom stereocenters. The highest BCUT2D eigenvalue weighted by atomic mass is 15.2. The molecule has 0 aromatic rings. The molecule has 0 saturated heterocycles. The Morgan fingerprint density at radius 3 is 2.69 bits per heavy atom. The zero-order valence-electron chi connectivity index (χ0n) is 11.2. The zero-order chi connectivity index (χ0) is 12.0. The minimum absolute atomic E-state index is 0.626. The first-order valence-electron chi connectivity index (χ1n) is 6.72. The van der Waals surface area contributed by atoms with Gasteiger partial charge in [0.2, 0.25) is 0 Å². The highest BCUT2D eigenvalue weighted by molar-refractivity contribution is 5.80. The first-order chi connectivity index (χ1) is 7.67. The number of aliphatic imine (C=N–C) groups is 1. The normalized spacial score (nSPS) is 24.7. The summed E-state index contributed by atoms with van der Waals surface area (Å²) in [4.78, 5) is 4.58. The molecule has 1 aliphatic carbocycles. The molecular formula is C13H27N3. The van der Waals surface area contributed by atoms with Gasteiger partial charge >= 0.3 is 0 Å². The van der Waals surface area contributed by atoms with Gasteiger partial charge in [-0.15, -0.1) is 0 Å². The first kappa shape index (κ1) is 13.3. The Kier molecular flexibility index (Phi) is 5.64. The Labute approximate surface area is 100 Å². The molecule has 0 aliphatic heterocycles. The van der Waals surface area contributed by atoms with Crippen molar-refractivity contribution >= 4 is 5.96 Å². The molecule has 0 heterocycles. The van der Waals surface area contributed by atoms with E-state index in [2.05, 4.69) is 43.3 Å². The third kappa shape index (κ3) is 4.86. The minimum atomic E-state index is 0.626. The molecule has 3 heteroatoms. The number of hydrogen-bond acceptors (Lipinski definition) is 1. The van der Waals surface area contributed by atoms with Crippen LogP contribution in [0.2, 0.25) is 0 Å². The SMILES string of the molecule is CCCC1CC1NC(=NCC(C)C)NCC. The van der Waals surface area contributed by atoms with Gasteiger partial charge in [0.1, 0.15) is 0 Å². The van der Waals surface area contributed by atoms with Crippen LogP contribution >= 0.6 is 0 Å². The van der Waals surface area contributed by atoms with Crippen LogP contribution < -0.4 is 10.6 Å². The van der Waals surface area contributed by atoms with Crippen LogP contribution in [0.15, 0.2) is 4.99 Å². The van der Waals surface area contributed by atoms with Crippen molar-refractivity contribution in [2.45, 2.75) is 53.0 Å². The van der Waals surface area contributed by atoms with E-state index in [0.29, 0.717) is 12.0 Å². The van der Waals surface area contributed by atoms with E-state index in [-0.39, 0.29) is 0 Å². The van der Waals surface area contributed by atoms with Crippen molar-refractivity contribution in [3.8, 4) is 0 Å². The molecule has 16 heavy (non-hydrogen) atoms. The Balaban J connectivity index is 2.31. The molecule has 0 aromatic carbocycles. The van der Waals surface area contributed by atoms with Gasteiger partial charge in [0.05, 0.1) is 0 Å². The summed E-state index contributed by atoms with van der Waals surface area (Å²) in [6.45, 7) is 10.6. The van der Waals surface area contributed by atoms with E-state index in [1.54, 1.807) is 0 Å². The van der Waals surface area contributed by atoms with Crippen LogP contribution in [0.5, 0.6) is 0 Å². The number of nitrogens with zero attached hydrogens (tertiary/aromatic N) is 1. The molecule has 1 fully saturated rings. The lowest BCUT2D eigenvalue weighted by atomic mass is 10.2. The largest absolute Gasteiger partial charge is 0.357 e. The quantitative estimate of drug-likeness (QED) is 0.538. The highest BCUT2D eigenvalue weighted by Gasteiger charge is 2.36. The van der Waals surface area contributed by atoms with Crippen molar-refractivity contribution < 1.29 is 0 Å². The lowest BCUT2D eigenvalue weighted by molar-refractivity contribution is 0.640. The smallest absolute Gasteiger partial charge is 0.191 e. The fourth-order valence-electron chi connectivity index (χ4n) is 1.88. The van der Waals surface area contributed by atoms with Crippen molar-refractivity contribution in [2.75, 3.05) is 13.1 Å². The standard InChI is InChI=1S/C13H27N3/c1-5-7-11-8-12(11)16-13(14-6-2)15-9-10(3)4/h10-12H,5-9H2,1-4H3,(H2,14,15,16). The van der Waals surface area contributed by atoms with E-state index >= 15 is 0 Å². The van der Waals surface area contributed by atoms with Gasteiger partial charge in [-0.1, -0.05) is 27.2 Å². The number of nitrogens with one attached hydrogen (secondary N) is 2. The molecule has 1 rings (SSSR count). The van der Waals surface area contributed by atoms with Crippen LogP contribution in [0.1, 0.15) is 47.0 Å². The van der Waals surface area contributed by atoms with Gasteiger partial charge in [0.15, 0.2) is 5.96 Å². The second kappa shape index (κ2) is 6.77. The van der Waals surface area contributed by atoms with Crippen LogP contribution in [-0.4, -0.2) is 25.1 Å². The van der Waals surface area contributed by atoms with Gasteiger partial charge in [-0.3, -0.25) is 4.99 Å². The van der Waals surface area contributed by atoms with E-state index in [9.17, 15) is 0 Å². The summed E-state index contributed by atoms with van der Waals surface area (Å²) >= 11 is 0. The third-order valence-corrected chi connectivity index (χ3v) is 2.86. The molecule has 1 aliphatic rings. The number of guanidine groups is 1. The molecule has 0 spiro atoms. The van der Waals surface area contributed by atoms with Crippen molar-refractivity contribution in [1.82, 2.24) is 10.6 Å². The fraction of sp³-hybridized carbons (Fsp3) is 0.923. The summed E-state index contributed by atoms with van der Waals surface area (Å²) in [6.07, 6.45) is 3.96. The van der Waals surface area contributed by atoms with E-state index in [1.165, 1.54) is 19.3 Å². The Morgan fingerprint density at radius 1 is 1.38 bits per heavy atom. The van der Waals surface area contributed by atoms with Crippen molar-refractivity contribution in [2.24, 2.45) is 16.8 Å². The molecule has 94 valence electrons. The first-order valence-corrected chi connectivity index (χ1v) is 6.72. The highest BCUT2D eigenvalue weighted by Crippen LogP contribution is 2.34. The zero-order valence-corrected chi connectivity index (χ0v) is 11.2.